The van der Waals surface area contributed by atoms with Crippen molar-refractivity contribution in [2.24, 2.45) is 0 Å². The lowest BCUT2D eigenvalue weighted by molar-refractivity contribution is -0.136. The van der Waals surface area contributed by atoms with Crippen LogP contribution in [0.1, 0.15) is 0 Å². The average molecular weight is 211 g/mol. The van der Waals surface area contributed by atoms with Gasteiger partial charge in [0, 0.05) is 6.20 Å². The summed E-state index contributed by atoms with van der Waals surface area (Å²) < 4.78 is 0. The van der Waals surface area contributed by atoms with Crippen LogP contribution in [-0.2, 0) is 9.59 Å². The van der Waals surface area contributed by atoms with E-state index in [0.29, 0.717) is 0 Å². The van der Waals surface area contributed by atoms with E-state index in [0.717, 1.165) is 4.90 Å². The van der Waals surface area contributed by atoms with Crippen molar-refractivity contribution in [3.05, 3.63) is 18.6 Å². The van der Waals surface area contributed by atoms with Crippen LogP contribution in [0.2, 0.25) is 0 Å². The minimum Gasteiger partial charge on any atom is -0.480 e. The maximum Gasteiger partial charge on any atom is 0.323 e. The summed E-state index contributed by atoms with van der Waals surface area (Å²) in [6, 6.07) is 1.45. The molecule has 0 fully saturated rings. The average Bonchev–Trinajstić information content (AvgIpc) is 2.17. The van der Waals surface area contributed by atoms with Crippen molar-refractivity contribution in [3.8, 4) is 0 Å². The molecule has 0 saturated carbocycles. The van der Waals surface area contributed by atoms with Gasteiger partial charge in [-0.1, -0.05) is 0 Å². The Morgan fingerprint density at radius 2 is 1.87 bits per heavy atom. The van der Waals surface area contributed by atoms with Crippen LogP contribution in [0.15, 0.2) is 18.6 Å². The number of hydrogen-bond donors (Lipinski definition) is 2. The molecule has 1 aromatic rings. The van der Waals surface area contributed by atoms with Crippen molar-refractivity contribution in [1.29, 1.82) is 0 Å². The highest BCUT2D eigenvalue weighted by molar-refractivity contribution is 5.78. The Hall–Kier alpha value is -2.18. The van der Waals surface area contributed by atoms with Crippen LogP contribution in [-0.4, -0.2) is 45.2 Å². The number of nitrogens with zero attached hydrogens (tertiary/aromatic N) is 3. The quantitative estimate of drug-likeness (QED) is 0.673. The molecule has 0 aliphatic rings. The van der Waals surface area contributed by atoms with E-state index in [9.17, 15) is 9.59 Å². The number of hydrogen-bond acceptors (Lipinski definition) is 5. The van der Waals surface area contributed by atoms with E-state index < -0.39 is 25.0 Å². The molecule has 0 radical (unpaired) electrons. The zero-order valence-corrected chi connectivity index (χ0v) is 7.70. The van der Waals surface area contributed by atoms with E-state index in [-0.39, 0.29) is 5.82 Å². The van der Waals surface area contributed by atoms with Gasteiger partial charge in [0.2, 0.25) is 0 Å². The fourth-order valence-electron chi connectivity index (χ4n) is 1.02. The predicted octanol–water partition coefficient (Wildman–Crippen LogP) is -0.548. The second-order valence-electron chi connectivity index (χ2n) is 2.71. The van der Waals surface area contributed by atoms with Crippen molar-refractivity contribution >= 4 is 17.8 Å². The summed E-state index contributed by atoms with van der Waals surface area (Å²) in [5.74, 6) is -1.96. The Morgan fingerprint density at radius 3 is 2.27 bits per heavy atom. The van der Waals surface area contributed by atoms with E-state index in [1.165, 1.54) is 18.6 Å². The maximum atomic E-state index is 10.5. The Kier molecular flexibility index (Phi) is 3.55. The molecule has 7 heteroatoms. The van der Waals surface area contributed by atoms with Crippen molar-refractivity contribution in [2.75, 3.05) is 18.0 Å². The van der Waals surface area contributed by atoms with Gasteiger partial charge in [-0.3, -0.25) is 9.59 Å². The number of carboxylic acids is 2. The summed E-state index contributed by atoms with van der Waals surface area (Å²) in [6.07, 6.45) is 2.64. The predicted molar refractivity (Wildman–Crippen MR) is 49.5 cm³/mol. The molecule has 0 bridgehead atoms. The SMILES string of the molecule is O=C(O)CN(CC(=O)O)c1ccncn1. The Balaban J connectivity index is 2.81. The smallest absolute Gasteiger partial charge is 0.323 e. The molecule has 0 spiro atoms. The number of aromatic nitrogens is 2. The van der Waals surface area contributed by atoms with E-state index in [1.54, 1.807) is 0 Å². The molecule has 2 N–H and O–H groups in total. The molecule has 80 valence electrons. The first kappa shape index (κ1) is 10.9. The number of carboxylic acid groups (broad SMARTS) is 2. The topological polar surface area (TPSA) is 104 Å². The first-order valence-electron chi connectivity index (χ1n) is 4.04. The van der Waals surface area contributed by atoms with E-state index in [2.05, 4.69) is 9.97 Å². The van der Waals surface area contributed by atoms with Crippen LogP contribution in [0.5, 0.6) is 0 Å². The molecule has 0 amide bonds. The highest BCUT2D eigenvalue weighted by Gasteiger charge is 2.14. The molecular formula is C8H9N3O4. The number of rotatable bonds is 5. The zero-order chi connectivity index (χ0) is 11.3. The molecule has 0 aromatic carbocycles. The highest BCUT2D eigenvalue weighted by atomic mass is 16.4. The Labute approximate surface area is 85.0 Å². The van der Waals surface area contributed by atoms with Crippen LogP contribution in [0.25, 0.3) is 0 Å². The number of anilines is 1. The lowest BCUT2D eigenvalue weighted by atomic mass is 10.4. The Bertz CT molecular complexity index is 338. The largest absolute Gasteiger partial charge is 0.480 e. The fraction of sp³-hybridized carbons (Fsp3) is 0.250. The van der Waals surface area contributed by atoms with Gasteiger partial charge in [-0.15, -0.1) is 0 Å². The molecule has 1 rings (SSSR count). The molecule has 1 aromatic heterocycles. The second-order valence-corrected chi connectivity index (χ2v) is 2.71. The molecule has 0 saturated heterocycles. The molecule has 1 heterocycles. The first-order valence-corrected chi connectivity index (χ1v) is 4.04. The molecule has 7 nitrogen and oxygen atoms in total. The lowest BCUT2D eigenvalue weighted by Crippen LogP contribution is -2.35. The van der Waals surface area contributed by atoms with Crippen molar-refractivity contribution in [3.63, 3.8) is 0 Å². The number of aliphatic carboxylic acids is 2. The van der Waals surface area contributed by atoms with Gasteiger partial charge in [-0.25, -0.2) is 9.97 Å². The molecule has 0 aliphatic heterocycles. The van der Waals surface area contributed by atoms with Gasteiger partial charge >= 0.3 is 11.9 Å². The van der Waals surface area contributed by atoms with E-state index in [1.807, 2.05) is 0 Å². The standard InChI is InChI=1S/C8H9N3O4/c12-7(13)3-11(4-8(14)15)6-1-2-9-5-10-6/h1-2,5H,3-4H2,(H,12,13)(H,14,15). The monoisotopic (exact) mass is 211 g/mol. The van der Waals surface area contributed by atoms with Gasteiger partial charge in [0.15, 0.2) is 0 Å². The maximum absolute atomic E-state index is 10.5. The minimum atomic E-state index is -1.12. The number of carbonyl (C=O) groups is 2. The minimum absolute atomic E-state index is 0.273. The zero-order valence-electron chi connectivity index (χ0n) is 7.70. The van der Waals surface area contributed by atoms with Crippen LogP contribution >= 0.6 is 0 Å². The third-order valence-electron chi connectivity index (χ3n) is 1.54. The van der Waals surface area contributed by atoms with Crippen LogP contribution in [0.3, 0.4) is 0 Å². The molecule has 0 atom stereocenters. The highest BCUT2D eigenvalue weighted by Crippen LogP contribution is 2.06. The van der Waals surface area contributed by atoms with Crippen molar-refractivity contribution in [1.82, 2.24) is 9.97 Å². The summed E-state index contributed by atoms with van der Waals surface area (Å²) in [7, 11) is 0. The molecular weight excluding hydrogens is 202 g/mol. The molecule has 15 heavy (non-hydrogen) atoms. The third kappa shape index (κ3) is 3.59. The Morgan fingerprint density at radius 1 is 1.27 bits per heavy atom. The summed E-state index contributed by atoms with van der Waals surface area (Å²) >= 11 is 0. The second kappa shape index (κ2) is 4.89. The van der Waals surface area contributed by atoms with Gasteiger partial charge in [0.05, 0.1) is 0 Å². The summed E-state index contributed by atoms with van der Waals surface area (Å²) in [5.41, 5.74) is 0. The fourth-order valence-corrected chi connectivity index (χ4v) is 1.02. The van der Waals surface area contributed by atoms with Gasteiger partial charge < -0.3 is 15.1 Å². The summed E-state index contributed by atoms with van der Waals surface area (Å²) in [6.45, 7) is -0.827. The summed E-state index contributed by atoms with van der Waals surface area (Å²) in [4.78, 5) is 29.5. The normalized spacial score (nSPS) is 9.60. The van der Waals surface area contributed by atoms with E-state index in [4.69, 9.17) is 10.2 Å². The lowest BCUT2D eigenvalue weighted by Gasteiger charge is -2.18. The van der Waals surface area contributed by atoms with Gasteiger partial charge in [0.1, 0.15) is 25.2 Å². The molecule has 0 unspecified atom stereocenters. The third-order valence-corrected chi connectivity index (χ3v) is 1.54. The van der Waals surface area contributed by atoms with Crippen LogP contribution in [0, 0.1) is 0 Å². The summed E-state index contributed by atoms with van der Waals surface area (Å²) in [5, 5.41) is 17.2. The van der Waals surface area contributed by atoms with Crippen LogP contribution in [0.4, 0.5) is 5.82 Å². The first-order chi connectivity index (χ1) is 7.09. The van der Waals surface area contributed by atoms with E-state index >= 15 is 0 Å². The van der Waals surface area contributed by atoms with Gasteiger partial charge in [-0.05, 0) is 6.07 Å². The van der Waals surface area contributed by atoms with Gasteiger partial charge in [0.25, 0.3) is 0 Å². The molecule has 0 aliphatic carbocycles. The van der Waals surface area contributed by atoms with Crippen molar-refractivity contribution in [2.45, 2.75) is 0 Å². The van der Waals surface area contributed by atoms with Crippen molar-refractivity contribution < 1.29 is 19.8 Å². The van der Waals surface area contributed by atoms with Gasteiger partial charge in [-0.2, -0.15) is 0 Å². The van der Waals surface area contributed by atoms with Crippen LogP contribution < -0.4 is 4.90 Å².